The Bertz CT molecular complexity index is 379. The molecule has 1 aromatic carbocycles. The molecule has 0 radical (unpaired) electrons. The molecule has 0 aliphatic heterocycles. The van der Waals surface area contributed by atoms with Crippen LogP contribution < -0.4 is 5.32 Å². The Morgan fingerprint density at radius 2 is 1.90 bits per heavy atom. The third-order valence-corrected chi connectivity index (χ3v) is 3.56. The second kappa shape index (κ2) is 9.09. The lowest BCUT2D eigenvalue weighted by Crippen LogP contribution is -2.40. The predicted molar refractivity (Wildman–Crippen MR) is 84.3 cm³/mol. The van der Waals surface area contributed by atoms with Gasteiger partial charge in [0.1, 0.15) is 5.82 Å². The molecule has 1 rings (SSSR count). The molecule has 0 fully saturated rings. The first kappa shape index (κ1) is 17.1. The van der Waals surface area contributed by atoms with Gasteiger partial charge in [-0.05, 0) is 32.0 Å². The molecule has 20 heavy (non-hydrogen) atoms. The Kier molecular flexibility index (Phi) is 7.78. The fraction of sp³-hybridized carbons (Fsp3) is 0.647. The zero-order valence-electron chi connectivity index (χ0n) is 13.3. The molecule has 0 saturated heterocycles. The molecule has 0 saturated carbocycles. The maximum absolute atomic E-state index is 13.7. The van der Waals surface area contributed by atoms with E-state index in [1.165, 1.54) is 6.07 Å². The van der Waals surface area contributed by atoms with Gasteiger partial charge in [0.05, 0.1) is 0 Å². The highest BCUT2D eigenvalue weighted by atomic mass is 19.1. The number of halogens is 1. The Labute approximate surface area is 123 Å². The standard InChI is InChI=1S/C17H29FN2/c1-5-8-16(12-19-11-14(2)3)20(4)13-15-9-6-7-10-17(15)18/h6-7,9-10,14,16,19H,5,8,11-13H2,1-4H3. The van der Waals surface area contributed by atoms with Gasteiger partial charge >= 0.3 is 0 Å². The Morgan fingerprint density at radius 1 is 1.20 bits per heavy atom. The average molecular weight is 280 g/mol. The summed E-state index contributed by atoms with van der Waals surface area (Å²) in [4.78, 5) is 2.26. The van der Waals surface area contributed by atoms with E-state index in [1.54, 1.807) is 6.07 Å². The summed E-state index contributed by atoms with van der Waals surface area (Å²) < 4.78 is 13.7. The quantitative estimate of drug-likeness (QED) is 0.742. The van der Waals surface area contributed by atoms with Crippen LogP contribution in [0.2, 0.25) is 0 Å². The van der Waals surface area contributed by atoms with Crippen LogP contribution in [0.1, 0.15) is 39.2 Å². The number of nitrogens with zero attached hydrogens (tertiary/aromatic N) is 1. The van der Waals surface area contributed by atoms with E-state index in [0.29, 0.717) is 18.5 Å². The largest absolute Gasteiger partial charge is 0.315 e. The molecule has 0 heterocycles. The number of likely N-dealkylation sites (N-methyl/N-ethyl adjacent to an activating group) is 1. The first-order valence-electron chi connectivity index (χ1n) is 7.69. The van der Waals surface area contributed by atoms with Gasteiger partial charge < -0.3 is 5.32 Å². The number of hydrogen-bond donors (Lipinski definition) is 1. The summed E-state index contributed by atoms with van der Waals surface area (Å²) in [6.07, 6.45) is 2.28. The summed E-state index contributed by atoms with van der Waals surface area (Å²) in [6.45, 7) is 9.30. The van der Waals surface area contributed by atoms with E-state index >= 15 is 0 Å². The van der Waals surface area contributed by atoms with E-state index in [9.17, 15) is 4.39 Å². The summed E-state index contributed by atoms with van der Waals surface area (Å²) in [5.74, 6) is 0.555. The topological polar surface area (TPSA) is 15.3 Å². The average Bonchev–Trinajstić information content (AvgIpc) is 2.40. The minimum atomic E-state index is -0.107. The van der Waals surface area contributed by atoms with Crippen molar-refractivity contribution < 1.29 is 4.39 Å². The molecule has 1 aromatic rings. The molecular formula is C17H29FN2. The molecule has 0 amide bonds. The van der Waals surface area contributed by atoms with E-state index in [-0.39, 0.29) is 5.82 Å². The van der Waals surface area contributed by atoms with Crippen molar-refractivity contribution in [3.63, 3.8) is 0 Å². The van der Waals surface area contributed by atoms with Crippen molar-refractivity contribution >= 4 is 0 Å². The summed E-state index contributed by atoms with van der Waals surface area (Å²) in [5.41, 5.74) is 0.778. The lowest BCUT2D eigenvalue weighted by atomic mass is 10.1. The highest BCUT2D eigenvalue weighted by Crippen LogP contribution is 2.13. The SMILES string of the molecule is CCCC(CNCC(C)C)N(C)Cc1ccccc1F. The fourth-order valence-corrected chi connectivity index (χ4v) is 2.37. The van der Waals surface area contributed by atoms with Crippen LogP contribution in [0.15, 0.2) is 24.3 Å². The Hall–Kier alpha value is -0.930. The molecule has 1 N–H and O–H groups in total. The maximum Gasteiger partial charge on any atom is 0.127 e. The van der Waals surface area contributed by atoms with Crippen LogP contribution in [0.4, 0.5) is 4.39 Å². The van der Waals surface area contributed by atoms with Gasteiger partial charge in [0, 0.05) is 24.7 Å². The molecule has 1 atom stereocenters. The summed E-state index contributed by atoms with van der Waals surface area (Å²) >= 11 is 0. The van der Waals surface area contributed by atoms with E-state index in [0.717, 1.165) is 31.5 Å². The predicted octanol–water partition coefficient (Wildman–Crippen LogP) is 3.67. The van der Waals surface area contributed by atoms with E-state index < -0.39 is 0 Å². The van der Waals surface area contributed by atoms with E-state index in [2.05, 4.69) is 38.0 Å². The smallest absolute Gasteiger partial charge is 0.127 e. The highest BCUT2D eigenvalue weighted by Gasteiger charge is 2.15. The minimum absolute atomic E-state index is 0.107. The van der Waals surface area contributed by atoms with Crippen LogP contribution in [-0.2, 0) is 6.54 Å². The van der Waals surface area contributed by atoms with Gasteiger partial charge in [-0.1, -0.05) is 45.4 Å². The van der Waals surface area contributed by atoms with Crippen molar-refractivity contribution in [1.82, 2.24) is 10.2 Å². The number of nitrogens with one attached hydrogen (secondary N) is 1. The summed E-state index contributed by atoms with van der Waals surface area (Å²) in [7, 11) is 2.09. The molecule has 0 aliphatic carbocycles. The molecule has 114 valence electrons. The molecular weight excluding hydrogens is 251 g/mol. The van der Waals surface area contributed by atoms with Gasteiger partial charge in [-0.3, -0.25) is 4.90 Å². The van der Waals surface area contributed by atoms with Crippen LogP contribution in [0, 0.1) is 11.7 Å². The second-order valence-electron chi connectivity index (χ2n) is 6.00. The minimum Gasteiger partial charge on any atom is -0.315 e. The molecule has 0 spiro atoms. The van der Waals surface area contributed by atoms with Gasteiger partial charge in [0.2, 0.25) is 0 Å². The Morgan fingerprint density at radius 3 is 2.50 bits per heavy atom. The van der Waals surface area contributed by atoms with Crippen LogP contribution in [0.25, 0.3) is 0 Å². The van der Waals surface area contributed by atoms with Crippen molar-refractivity contribution in [2.45, 2.75) is 46.2 Å². The summed E-state index contributed by atoms with van der Waals surface area (Å²) in [5, 5.41) is 3.52. The lowest BCUT2D eigenvalue weighted by Gasteiger charge is -2.28. The van der Waals surface area contributed by atoms with Gasteiger partial charge in [-0.15, -0.1) is 0 Å². The van der Waals surface area contributed by atoms with E-state index in [1.807, 2.05) is 12.1 Å². The lowest BCUT2D eigenvalue weighted by molar-refractivity contribution is 0.211. The third kappa shape index (κ3) is 6.02. The van der Waals surface area contributed by atoms with Crippen molar-refractivity contribution in [2.24, 2.45) is 5.92 Å². The van der Waals surface area contributed by atoms with Gasteiger partial charge in [0.25, 0.3) is 0 Å². The van der Waals surface area contributed by atoms with Crippen LogP contribution >= 0.6 is 0 Å². The van der Waals surface area contributed by atoms with Crippen LogP contribution in [-0.4, -0.2) is 31.1 Å². The highest BCUT2D eigenvalue weighted by molar-refractivity contribution is 5.17. The third-order valence-electron chi connectivity index (χ3n) is 3.56. The molecule has 0 bridgehead atoms. The van der Waals surface area contributed by atoms with Crippen LogP contribution in [0.5, 0.6) is 0 Å². The normalized spacial score (nSPS) is 13.2. The Balaban J connectivity index is 2.55. The summed E-state index contributed by atoms with van der Waals surface area (Å²) in [6, 6.07) is 7.51. The zero-order valence-corrected chi connectivity index (χ0v) is 13.3. The first-order valence-corrected chi connectivity index (χ1v) is 7.69. The first-order chi connectivity index (χ1) is 9.54. The van der Waals surface area contributed by atoms with Crippen molar-refractivity contribution in [3.8, 4) is 0 Å². The van der Waals surface area contributed by atoms with Gasteiger partial charge in [0.15, 0.2) is 0 Å². The van der Waals surface area contributed by atoms with E-state index in [4.69, 9.17) is 0 Å². The fourth-order valence-electron chi connectivity index (χ4n) is 2.37. The molecule has 0 aromatic heterocycles. The van der Waals surface area contributed by atoms with Crippen molar-refractivity contribution in [2.75, 3.05) is 20.1 Å². The molecule has 0 aliphatic rings. The molecule has 2 nitrogen and oxygen atoms in total. The van der Waals surface area contributed by atoms with Gasteiger partial charge in [-0.25, -0.2) is 4.39 Å². The van der Waals surface area contributed by atoms with Crippen molar-refractivity contribution in [3.05, 3.63) is 35.6 Å². The zero-order chi connectivity index (χ0) is 15.0. The van der Waals surface area contributed by atoms with Crippen molar-refractivity contribution in [1.29, 1.82) is 0 Å². The van der Waals surface area contributed by atoms with Crippen LogP contribution in [0.3, 0.4) is 0 Å². The second-order valence-corrected chi connectivity index (χ2v) is 6.00. The number of rotatable bonds is 9. The number of hydrogen-bond acceptors (Lipinski definition) is 2. The number of benzene rings is 1. The molecule has 3 heteroatoms. The van der Waals surface area contributed by atoms with Gasteiger partial charge in [-0.2, -0.15) is 0 Å². The monoisotopic (exact) mass is 280 g/mol. The maximum atomic E-state index is 13.7. The molecule has 1 unspecified atom stereocenters.